The van der Waals surface area contributed by atoms with Crippen LogP contribution in [-0.2, 0) is 14.8 Å². The fourth-order valence-corrected chi connectivity index (χ4v) is 6.06. The van der Waals surface area contributed by atoms with E-state index in [0.29, 0.717) is 0 Å². The number of aromatic nitrogens is 1. The average Bonchev–Trinajstić information content (AvgIpc) is 3.40. The first-order chi connectivity index (χ1) is 14.4. The second-order valence-electron chi connectivity index (χ2n) is 7.00. The van der Waals surface area contributed by atoms with Gasteiger partial charge in [-0.3, -0.25) is 4.79 Å². The molecule has 2 unspecified atom stereocenters. The van der Waals surface area contributed by atoms with Crippen LogP contribution in [0.3, 0.4) is 0 Å². The molecule has 2 aromatic heterocycles. The van der Waals surface area contributed by atoms with Gasteiger partial charge in [-0.25, -0.2) is 8.42 Å². The summed E-state index contributed by atoms with van der Waals surface area (Å²) in [7, 11) is -4.00. The first-order valence-electron chi connectivity index (χ1n) is 9.33. The van der Waals surface area contributed by atoms with Gasteiger partial charge in [0.05, 0.1) is 0 Å². The van der Waals surface area contributed by atoms with Gasteiger partial charge in [-0.1, -0.05) is 55.5 Å². The van der Waals surface area contributed by atoms with E-state index in [2.05, 4.69) is 9.71 Å². The number of carboxylic acids is 1. The van der Waals surface area contributed by atoms with Crippen LogP contribution in [0.15, 0.2) is 77.1 Å². The number of sulfonamides is 1. The smallest absolute Gasteiger partial charge is 0.322 e. The predicted octanol–water partition coefficient (Wildman–Crippen LogP) is 4.43. The number of nitrogens with one attached hydrogen (secondary N) is 2. The lowest BCUT2D eigenvalue weighted by Gasteiger charge is -2.21. The standard InChI is InChI=1S/C22H20N2O4S2/c1-14(17-13-23-18-10-6-5-9-16(17)18)21(22(25)26)24-30(27,28)20-12-11-19(29-20)15-7-3-2-4-8-15/h2-14,21,23-24H,1H3,(H,25,26). The summed E-state index contributed by atoms with van der Waals surface area (Å²) in [6.07, 6.45) is 1.73. The van der Waals surface area contributed by atoms with Gasteiger partial charge in [-0.05, 0) is 29.3 Å². The van der Waals surface area contributed by atoms with Gasteiger partial charge in [0.2, 0.25) is 0 Å². The van der Waals surface area contributed by atoms with Gasteiger partial charge in [0, 0.05) is 27.9 Å². The van der Waals surface area contributed by atoms with Crippen molar-refractivity contribution in [1.29, 1.82) is 0 Å². The van der Waals surface area contributed by atoms with Crippen LogP contribution in [0.25, 0.3) is 21.3 Å². The summed E-state index contributed by atoms with van der Waals surface area (Å²) in [5.74, 6) is -1.81. The Balaban J connectivity index is 1.63. The number of carbonyl (C=O) groups is 1. The van der Waals surface area contributed by atoms with Gasteiger partial charge in [0.1, 0.15) is 10.3 Å². The molecule has 154 valence electrons. The molecular formula is C22H20N2O4S2. The number of fused-ring (bicyclic) bond motifs is 1. The second kappa shape index (κ2) is 8.06. The zero-order chi connectivity index (χ0) is 21.3. The summed E-state index contributed by atoms with van der Waals surface area (Å²) in [5, 5.41) is 10.6. The zero-order valence-corrected chi connectivity index (χ0v) is 17.7. The van der Waals surface area contributed by atoms with Crippen molar-refractivity contribution in [2.75, 3.05) is 0 Å². The fraction of sp³-hybridized carbons (Fsp3) is 0.136. The first kappa shape index (κ1) is 20.3. The fourth-order valence-electron chi connectivity index (χ4n) is 3.46. The molecule has 4 rings (SSSR count). The van der Waals surface area contributed by atoms with Crippen molar-refractivity contribution in [2.24, 2.45) is 0 Å². The maximum Gasteiger partial charge on any atom is 0.322 e. The predicted molar refractivity (Wildman–Crippen MR) is 118 cm³/mol. The molecule has 4 aromatic rings. The molecule has 0 aliphatic carbocycles. The molecule has 30 heavy (non-hydrogen) atoms. The van der Waals surface area contributed by atoms with E-state index in [-0.39, 0.29) is 4.21 Å². The summed E-state index contributed by atoms with van der Waals surface area (Å²) in [5.41, 5.74) is 2.53. The molecule has 0 spiro atoms. The Hall–Kier alpha value is -2.94. The summed E-state index contributed by atoms with van der Waals surface area (Å²) in [6.45, 7) is 1.71. The third-order valence-corrected chi connectivity index (χ3v) is 8.13. The number of carboxylic acid groups (broad SMARTS) is 1. The first-order valence-corrected chi connectivity index (χ1v) is 11.6. The van der Waals surface area contributed by atoms with Crippen molar-refractivity contribution in [1.82, 2.24) is 9.71 Å². The number of thiophene rings is 1. The van der Waals surface area contributed by atoms with Crippen molar-refractivity contribution >= 4 is 38.2 Å². The highest BCUT2D eigenvalue weighted by atomic mass is 32.2. The van der Waals surface area contributed by atoms with Crippen molar-refractivity contribution in [3.05, 3.63) is 78.5 Å². The molecule has 0 aliphatic rings. The highest BCUT2D eigenvalue weighted by molar-refractivity contribution is 7.91. The molecule has 8 heteroatoms. The van der Waals surface area contributed by atoms with Crippen LogP contribution >= 0.6 is 11.3 Å². The van der Waals surface area contributed by atoms with Gasteiger partial charge in [-0.15, -0.1) is 11.3 Å². The average molecular weight is 441 g/mol. The van der Waals surface area contributed by atoms with E-state index in [9.17, 15) is 18.3 Å². The van der Waals surface area contributed by atoms with E-state index >= 15 is 0 Å². The lowest BCUT2D eigenvalue weighted by molar-refractivity contribution is -0.139. The Bertz CT molecular complexity index is 1290. The summed E-state index contributed by atoms with van der Waals surface area (Å²) < 4.78 is 28.4. The highest BCUT2D eigenvalue weighted by Crippen LogP contribution is 2.32. The van der Waals surface area contributed by atoms with Gasteiger partial charge in [0.15, 0.2) is 0 Å². The van der Waals surface area contributed by atoms with E-state index in [0.717, 1.165) is 38.2 Å². The van der Waals surface area contributed by atoms with E-state index in [1.165, 1.54) is 6.07 Å². The van der Waals surface area contributed by atoms with Crippen molar-refractivity contribution in [3.63, 3.8) is 0 Å². The molecule has 0 fully saturated rings. The van der Waals surface area contributed by atoms with Gasteiger partial charge < -0.3 is 10.1 Å². The minimum absolute atomic E-state index is 0.0822. The van der Waals surface area contributed by atoms with Crippen molar-refractivity contribution in [2.45, 2.75) is 23.1 Å². The number of aliphatic carboxylic acids is 1. The number of benzene rings is 2. The SMILES string of the molecule is CC(c1c[nH]c2ccccc12)C(NS(=O)(=O)c1ccc(-c2ccccc2)s1)C(=O)O. The minimum Gasteiger partial charge on any atom is -0.480 e. The third kappa shape index (κ3) is 3.89. The Morgan fingerprint density at radius 3 is 2.47 bits per heavy atom. The quantitative estimate of drug-likeness (QED) is 0.396. The number of para-hydroxylation sites is 1. The third-order valence-electron chi connectivity index (χ3n) is 5.06. The lowest BCUT2D eigenvalue weighted by Crippen LogP contribution is -2.43. The maximum absolute atomic E-state index is 13.0. The highest BCUT2D eigenvalue weighted by Gasteiger charge is 2.33. The number of hydrogen-bond donors (Lipinski definition) is 3. The molecule has 0 radical (unpaired) electrons. The second-order valence-corrected chi connectivity index (χ2v) is 10.0. The molecule has 0 saturated carbocycles. The van der Waals surface area contributed by atoms with Crippen molar-refractivity contribution in [3.8, 4) is 10.4 Å². The Morgan fingerprint density at radius 2 is 1.73 bits per heavy atom. The lowest BCUT2D eigenvalue weighted by atomic mass is 9.93. The topological polar surface area (TPSA) is 99.3 Å². The number of rotatable bonds is 7. The molecule has 2 atom stereocenters. The molecule has 6 nitrogen and oxygen atoms in total. The van der Waals surface area contributed by atoms with Gasteiger partial charge >= 0.3 is 5.97 Å². The van der Waals surface area contributed by atoms with Gasteiger partial charge in [-0.2, -0.15) is 4.72 Å². The number of hydrogen-bond acceptors (Lipinski definition) is 4. The Morgan fingerprint density at radius 1 is 1.03 bits per heavy atom. The van der Waals surface area contributed by atoms with Crippen LogP contribution in [0.1, 0.15) is 18.4 Å². The van der Waals surface area contributed by atoms with E-state index in [4.69, 9.17) is 0 Å². The van der Waals surface area contributed by atoms with Crippen LogP contribution in [-0.4, -0.2) is 30.5 Å². The van der Waals surface area contributed by atoms with E-state index in [1.807, 2.05) is 54.6 Å². The summed E-state index contributed by atoms with van der Waals surface area (Å²) in [6, 6.07) is 18.9. The minimum atomic E-state index is -4.00. The molecule has 0 saturated heterocycles. The van der Waals surface area contributed by atoms with Crippen LogP contribution in [0.4, 0.5) is 0 Å². The largest absolute Gasteiger partial charge is 0.480 e. The molecule has 0 aliphatic heterocycles. The number of aromatic amines is 1. The van der Waals surface area contributed by atoms with Gasteiger partial charge in [0.25, 0.3) is 10.0 Å². The summed E-state index contributed by atoms with van der Waals surface area (Å²) in [4.78, 5) is 15.9. The zero-order valence-electron chi connectivity index (χ0n) is 16.1. The van der Waals surface area contributed by atoms with Crippen molar-refractivity contribution < 1.29 is 18.3 Å². The van der Waals surface area contributed by atoms with Crippen LogP contribution in [0, 0.1) is 0 Å². The van der Waals surface area contributed by atoms with E-state index in [1.54, 1.807) is 19.2 Å². The summed E-state index contributed by atoms with van der Waals surface area (Å²) >= 11 is 1.11. The Kier molecular flexibility index (Phi) is 5.46. The molecule has 0 amide bonds. The number of H-pyrrole nitrogens is 1. The molecule has 2 heterocycles. The van der Waals surface area contributed by atoms with E-state index < -0.39 is 28.0 Å². The van der Waals surface area contributed by atoms with Crippen LogP contribution < -0.4 is 4.72 Å². The Labute approximate surface area is 178 Å². The monoisotopic (exact) mass is 440 g/mol. The molecule has 2 aromatic carbocycles. The normalized spacial score (nSPS) is 13.9. The van der Waals surface area contributed by atoms with Crippen LogP contribution in [0.5, 0.6) is 0 Å². The molecule has 0 bridgehead atoms. The molecule has 3 N–H and O–H groups in total. The molecular weight excluding hydrogens is 420 g/mol. The van der Waals surface area contributed by atoms with Crippen LogP contribution in [0.2, 0.25) is 0 Å². The maximum atomic E-state index is 13.0.